The van der Waals surface area contributed by atoms with Gasteiger partial charge in [-0.3, -0.25) is 0 Å². The maximum atomic E-state index is 4.82. The smallest absolute Gasteiger partial charge is 0.223 e. The molecule has 5 nitrogen and oxygen atoms in total. The molecular formula is C20H23N5. The van der Waals surface area contributed by atoms with Crippen LogP contribution in [0.4, 0.5) is 5.95 Å². The highest BCUT2D eigenvalue weighted by atomic mass is 15.1. The SMILES string of the molecule is c1cc2c3c(c1)c(-c1ccnc(NC4CCCNC4)n1)cn3CCC2. The van der Waals surface area contributed by atoms with E-state index < -0.39 is 0 Å². The van der Waals surface area contributed by atoms with Crippen molar-refractivity contribution in [3.63, 3.8) is 0 Å². The van der Waals surface area contributed by atoms with Gasteiger partial charge in [0.15, 0.2) is 0 Å². The number of benzene rings is 1. The van der Waals surface area contributed by atoms with Gasteiger partial charge in [0.05, 0.1) is 11.2 Å². The van der Waals surface area contributed by atoms with Crippen molar-refractivity contribution in [2.45, 2.75) is 38.3 Å². The molecule has 3 aromatic rings. The van der Waals surface area contributed by atoms with Crippen LogP contribution in [0.15, 0.2) is 36.7 Å². The van der Waals surface area contributed by atoms with Crippen molar-refractivity contribution < 1.29 is 0 Å². The van der Waals surface area contributed by atoms with Crippen LogP contribution in [0.5, 0.6) is 0 Å². The van der Waals surface area contributed by atoms with E-state index in [2.05, 4.69) is 44.6 Å². The normalized spacial score (nSPS) is 19.9. The monoisotopic (exact) mass is 333 g/mol. The molecule has 0 amide bonds. The molecule has 0 radical (unpaired) electrons. The van der Waals surface area contributed by atoms with Crippen LogP contribution in [0.1, 0.15) is 24.8 Å². The first kappa shape index (κ1) is 14.9. The second kappa shape index (κ2) is 6.15. The number of hydrogen-bond donors (Lipinski definition) is 2. The Bertz CT molecular complexity index is 908. The number of hydrogen-bond acceptors (Lipinski definition) is 4. The van der Waals surface area contributed by atoms with E-state index >= 15 is 0 Å². The van der Waals surface area contributed by atoms with Crippen LogP contribution < -0.4 is 10.6 Å². The Labute approximate surface area is 147 Å². The Kier molecular flexibility index (Phi) is 3.67. The number of nitrogens with one attached hydrogen (secondary N) is 2. The largest absolute Gasteiger partial charge is 0.350 e. The lowest BCUT2D eigenvalue weighted by Crippen LogP contribution is -2.38. The van der Waals surface area contributed by atoms with Gasteiger partial charge in [-0.15, -0.1) is 0 Å². The molecule has 2 aliphatic rings. The van der Waals surface area contributed by atoms with Crippen molar-refractivity contribution in [2.24, 2.45) is 0 Å². The number of para-hydroxylation sites is 1. The average molecular weight is 333 g/mol. The van der Waals surface area contributed by atoms with E-state index in [1.165, 1.54) is 47.7 Å². The third-order valence-corrected chi connectivity index (χ3v) is 5.39. The minimum absolute atomic E-state index is 0.416. The minimum atomic E-state index is 0.416. The molecule has 5 heteroatoms. The van der Waals surface area contributed by atoms with E-state index in [1.807, 2.05) is 12.3 Å². The van der Waals surface area contributed by atoms with E-state index in [9.17, 15) is 0 Å². The van der Waals surface area contributed by atoms with Crippen molar-refractivity contribution in [1.82, 2.24) is 19.9 Å². The minimum Gasteiger partial charge on any atom is -0.350 e. The van der Waals surface area contributed by atoms with Crippen LogP contribution in [0.3, 0.4) is 0 Å². The first-order valence-corrected chi connectivity index (χ1v) is 9.30. The summed E-state index contributed by atoms with van der Waals surface area (Å²) in [5.74, 6) is 0.734. The maximum Gasteiger partial charge on any atom is 0.223 e. The number of rotatable bonds is 3. The third kappa shape index (κ3) is 2.68. The lowest BCUT2D eigenvalue weighted by molar-refractivity contribution is 0.478. The fourth-order valence-corrected chi connectivity index (χ4v) is 4.20. The topological polar surface area (TPSA) is 54.8 Å². The summed E-state index contributed by atoms with van der Waals surface area (Å²) in [5, 5.41) is 8.23. The molecule has 5 rings (SSSR count). The first-order valence-electron chi connectivity index (χ1n) is 9.30. The van der Waals surface area contributed by atoms with E-state index in [0.29, 0.717) is 6.04 Å². The molecule has 1 fully saturated rings. The molecule has 1 atom stereocenters. The molecular weight excluding hydrogens is 310 g/mol. The van der Waals surface area contributed by atoms with Gasteiger partial charge in [-0.05, 0) is 43.9 Å². The fraction of sp³-hybridized carbons (Fsp3) is 0.400. The zero-order chi connectivity index (χ0) is 16.6. The summed E-state index contributed by atoms with van der Waals surface area (Å²) in [6, 6.07) is 9.08. The number of piperidine rings is 1. The van der Waals surface area contributed by atoms with Crippen LogP contribution in [0, 0.1) is 0 Å². The van der Waals surface area contributed by atoms with Crippen LogP contribution in [0.2, 0.25) is 0 Å². The van der Waals surface area contributed by atoms with Gasteiger partial charge < -0.3 is 15.2 Å². The van der Waals surface area contributed by atoms with Crippen molar-refractivity contribution in [2.75, 3.05) is 18.4 Å². The molecule has 25 heavy (non-hydrogen) atoms. The van der Waals surface area contributed by atoms with Gasteiger partial charge >= 0.3 is 0 Å². The van der Waals surface area contributed by atoms with Crippen LogP contribution in [-0.2, 0) is 13.0 Å². The summed E-state index contributed by atoms with van der Waals surface area (Å²) >= 11 is 0. The molecule has 2 N–H and O–H groups in total. The summed E-state index contributed by atoms with van der Waals surface area (Å²) < 4.78 is 2.39. The average Bonchev–Trinajstić information content (AvgIpc) is 3.04. The second-order valence-corrected chi connectivity index (χ2v) is 7.11. The van der Waals surface area contributed by atoms with Gasteiger partial charge in [-0.2, -0.15) is 0 Å². The Hall–Kier alpha value is -2.40. The lowest BCUT2D eigenvalue weighted by Gasteiger charge is -2.23. The Morgan fingerprint density at radius 1 is 1.20 bits per heavy atom. The highest BCUT2D eigenvalue weighted by molar-refractivity contribution is 5.97. The predicted octanol–water partition coefficient (Wildman–Crippen LogP) is 3.21. The molecule has 4 heterocycles. The van der Waals surface area contributed by atoms with Gasteiger partial charge in [0.25, 0.3) is 0 Å². The third-order valence-electron chi connectivity index (χ3n) is 5.39. The highest BCUT2D eigenvalue weighted by Crippen LogP contribution is 2.34. The summed E-state index contributed by atoms with van der Waals surface area (Å²) in [6.45, 7) is 3.19. The summed E-state index contributed by atoms with van der Waals surface area (Å²) in [7, 11) is 0. The summed E-state index contributed by atoms with van der Waals surface area (Å²) in [5.41, 5.74) is 5.05. The standard InChI is InChI=1S/C20H23N5/c1-4-14-5-3-11-25-13-17(16(7-1)19(14)25)18-8-10-22-20(24-18)23-15-6-2-9-21-12-15/h1,4,7-8,10,13,15,21H,2-3,5-6,9,11-12H2,(H,22,23,24). The van der Waals surface area contributed by atoms with Gasteiger partial charge in [-0.1, -0.05) is 18.2 Å². The molecule has 1 saturated heterocycles. The molecule has 0 aliphatic carbocycles. The van der Waals surface area contributed by atoms with E-state index in [-0.39, 0.29) is 0 Å². The highest BCUT2D eigenvalue weighted by Gasteiger charge is 2.18. The van der Waals surface area contributed by atoms with Gasteiger partial charge in [0.1, 0.15) is 0 Å². The van der Waals surface area contributed by atoms with Crippen LogP contribution in [0.25, 0.3) is 22.2 Å². The second-order valence-electron chi connectivity index (χ2n) is 7.11. The Morgan fingerprint density at radius 2 is 2.20 bits per heavy atom. The molecule has 2 aliphatic heterocycles. The van der Waals surface area contributed by atoms with Gasteiger partial charge in [0, 0.05) is 42.5 Å². The lowest BCUT2D eigenvalue weighted by atomic mass is 10.0. The van der Waals surface area contributed by atoms with E-state index in [4.69, 9.17) is 4.98 Å². The first-order chi connectivity index (χ1) is 12.4. The number of aryl methyl sites for hydroxylation is 2. The molecule has 2 aromatic heterocycles. The Balaban J connectivity index is 1.52. The molecule has 128 valence electrons. The number of nitrogens with zero attached hydrogens (tertiary/aromatic N) is 3. The van der Waals surface area contributed by atoms with Gasteiger partial charge in [0.2, 0.25) is 5.95 Å². The molecule has 1 aromatic carbocycles. The molecule has 1 unspecified atom stereocenters. The van der Waals surface area contributed by atoms with Crippen LogP contribution in [-0.4, -0.2) is 33.7 Å². The van der Waals surface area contributed by atoms with Gasteiger partial charge in [-0.25, -0.2) is 9.97 Å². The van der Waals surface area contributed by atoms with Crippen molar-refractivity contribution in [1.29, 1.82) is 0 Å². The summed E-state index contributed by atoms with van der Waals surface area (Å²) in [4.78, 5) is 9.26. The quantitative estimate of drug-likeness (QED) is 0.773. The number of anilines is 1. The molecule has 0 spiro atoms. The zero-order valence-electron chi connectivity index (χ0n) is 14.3. The maximum absolute atomic E-state index is 4.82. The molecule has 0 bridgehead atoms. The van der Waals surface area contributed by atoms with Crippen molar-refractivity contribution in [3.05, 3.63) is 42.2 Å². The van der Waals surface area contributed by atoms with E-state index in [1.54, 1.807) is 0 Å². The van der Waals surface area contributed by atoms with E-state index in [0.717, 1.165) is 31.3 Å². The molecule has 0 saturated carbocycles. The van der Waals surface area contributed by atoms with Crippen molar-refractivity contribution in [3.8, 4) is 11.3 Å². The Morgan fingerprint density at radius 3 is 3.12 bits per heavy atom. The predicted molar refractivity (Wildman–Crippen MR) is 101 cm³/mol. The zero-order valence-corrected chi connectivity index (χ0v) is 14.3. The van der Waals surface area contributed by atoms with Crippen molar-refractivity contribution >= 4 is 16.9 Å². The number of aromatic nitrogens is 3. The summed E-state index contributed by atoms with van der Waals surface area (Å²) in [6.07, 6.45) is 8.89. The van der Waals surface area contributed by atoms with Crippen LogP contribution >= 0.6 is 0 Å². The fourth-order valence-electron chi connectivity index (χ4n) is 4.20.